The molecule has 2 aliphatic rings. The maximum absolute atomic E-state index is 11.3. The first-order valence-corrected chi connectivity index (χ1v) is 13.4. The van der Waals surface area contributed by atoms with Gasteiger partial charge in [-0.1, -0.05) is 44.5 Å². The van der Waals surface area contributed by atoms with Crippen LogP contribution in [0.1, 0.15) is 32.9 Å². The van der Waals surface area contributed by atoms with Crippen LogP contribution in [0.4, 0.5) is 10.7 Å². The minimum atomic E-state index is -0.878. The van der Waals surface area contributed by atoms with E-state index < -0.39 is 5.97 Å². The second-order valence-corrected chi connectivity index (χ2v) is 11.1. The number of carboxylic acids is 1. The average molecular weight is 520 g/mol. The number of hydrogen-bond donors (Lipinski definition) is 2. The van der Waals surface area contributed by atoms with E-state index in [0.29, 0.717) is 17.4 Å². The van der Waals surface area contributed by atoms with Crippen LogP contribution in [0, 0.1) is 6.92 Å². The third kappa shape index (κ3) is 5.14. The number of nitrogens with zero attached hydrogens (tertiary/aromatic N) is 3. The van der Waals surface area contributed by atoms with Crippen molar-refractivity contribution >= 4 is 61.4 Å². The summed E-state index contributed by atoms with van der Waals surface area (Å²) in [6, 6.07) is 12.3. The summed E-state index contributed by atoms with van der Waals surface area (Å²) in [5.41, 5.74) is 6.77. The molecule has 2 unspecified atom stereocenters. The Morgan fingerprint density at radius 3 is 2.86 bits per heavy atom. The van der Waals surface area contributed by atoms with Crippen molar-refractivity contribution in [2.45, 2.75) is 26.1 Å². The molecule has 2 aromatic heterocycles. The van der Waals surface area contributed by atoms with Crippen molar-refractivity contribution in [3.8, 4) is 5.88 Å². The largest absolute Gasteiger partial charge is 0.477 e. The van der Waals surface area contributed by atoms with Crippen LogP contribution in [0.15, 0.2) is 42.5 Å². The molecule has 0 saturated carbocycles. The summed E-state index contributed by atoms with van der Waals surface area (Å²) in [5, 5.41) is 14.7. The molecule has 0 fully saturated rings. The summed E-state index contributed by atoms with van der Waals surface area (Å²) in [4.78, 5) is 21.0. The third-order valence-electron chi connectivity index (χ3n) is 6.84. The lowest BCUT2D eigenvalue weighted by Crippen LogP contribution is -2.44. The minimum absolute atomic E-state index is 0.129. The molecule has 10 heteroatoms. The van der Waals surface area contributed by atoms with Gasteiger partial charge in [0.1, 0.15) is 30.5 Å². The van der Waals surface area contributed by atoms with Crippen molar-refractivity contribution in [1.82, 2.24) is 9.88 Å². The van der Waals surface area contributed by atoms with E-state index in [0.717, 1.165) is 47.7 Å². The molecule has 36 heavy (non-hydrogen) atoms. The average Bonchev–Trinajstić information content (AvgIpc) is 3.40. The van der Waals surface area contributed by atoms with Crippen molar-refractivity contribution in [1.29, 1.82) is 0 Å². The van der Waals surface area contributed by atoms with Gasteiger partial charge >= 0.3 is 5.97 Å². The molecule has 1 aromatic carbocycles. The van der Waals surface area contributed by atoms with E-state index in [1.807, 2.05) is 7.05 Å². The van der Waals surface area contributed by atoms with Crippen molar-refractivity contribution in [3.05, 3.63) is 64.2 Å². The molecule has 0 aliphatic carbocycles. The molecule has 0 bridgehead atoms. The number of aromatic carboxylic acids is 1. The maximum atomic E-state index is 11.3. The standard InChI is InChI=1S/C26H30BN4O3PS/c1-15-3-4-17(18(27)11-15)14-34-24-21(35)6-5-19(29-24)16-7-9-31(10-8-16)13-23-28-20-12-22(26(32)33)36-25(20)30(23)2/h3-7,11-12,23,28H,8-10,13-14,27,35H2,1-2H3,(H,32,33). The molecule has 2 aliphatic heterocycles. The van der Waals surface area contributed by atoms with Crippen LogP contribution >= 0.6 is 20.6 Å². The minimum Gasteiger partial charge on any atom is -0.477 e. The molecule has 4 heterocycles. The van der Waals surface area contributed by atoms with E-state index in [1.54, 1.807) is 6.07 Å². The second-order valence-electron chi connectivity index (χ2n) is 9.45. The van der Waals surface area contributed by atoms with E-state index >= 15 is 0 Å². The summed E-state index contributed by atoms with van der Waals surface area (Å²) >= 11 is 1.32. The fraction of sp³-hybridized carbons (Fsp3) is 0.308. The number of rotatable bonds is 7. The highest BCUT2D eigenvalue weighted by Crippen LogP contribution is 2.41. The van der Waals surface area contributed by atoms with Crippen LogP contribution in [-0.4, -0.2) is 61.7 Å². The van der Waals surface area contributed by atoms with Crippen molar-refractivity contribution in [2.75, 3.05) is 36.9 Å². The maximum Gasteiger partial charge on any atom is 0.346 e. The number of thiophene rings is 1. The normalized spacial score (nSPS) is 17.5. The smallest absolute Gasteiger partial charge is 0.346 e. The highest BCUT2D eigenvalue weighted by molar-refractivity contribution is 7.27. The number of anilines is 2. The predicted molar refractivity (Wildman–Crippen MR) is 153 cm³/mol. The predicted octanol–water partition coefficient (Wildman–Crippen LogP) is 2.46. The van der Waals surface area contributed by atoms with Gasteiger partial charge in [0.2, 0.25) is 5.88 Å². The number of aromatic nitrogens is 1. The van der Waals surface area contributed by atoms with Gasteiger partial charge in [0, 0.05) is 32.0 Å². The SMILES string of the molecule is Bc1cc(C)ccc1COc1nc(C2=CCN(CC3Nc4cc(C(=O)O)sc4N3C)CC2)ccc1P. The summed E-state index contributed by atoms with van der Waals surface area (Å²) in [6.07, 6.45) is 3.31. The van der Waals surface area contributed by atoms with Crippen LogP contribution in [-0.2, 0) is 6.61 Å². The van der Waals surface area contributed by atoms with Crippen LogP contribution in [0.25, 0.3) is 5.57 Å². The van der Waals surface area contributed by atoms with Crippen molar-refractivity contribution in [2.24, 2.45) is 0 Å². The molecule has 2 N–H and O–H groups in total. The number of nitrogens with one attached hydrogen (secondary N) is 1. The number of hydrogen-bond acceptors (Lipinski definition) is 7. The number of likely N-dealkylation sites (N-methyl/N-ethyl adjacent to an activating group) is 1. The monoisotopic (exact) mass is 520 g/mol. The molecule has 7 nitrogen and oxygen atoms in total. The second kappa shape index (κ2) is 10.2. The first kappa shape index (κ1) is 24.8. The highest BCUT2D eigenvalue weighted by atomic mass is 32.1. The first-order chi connectivity index (χ1) is 17.3. The van der Waals surface area contributed by atoms with Gasteiger partial charge in [-0.3, -0.25) is 4.90 Å². The lowest BCUT2D eigenvalue weighted by Gasteiger charge is -2.31. The van der Waals surface area contributed by atoms with Crippen LogP contribution in [0.3, 0.4) is 0 Å². The fourth-order valence-electron chi connectivity index (χ4n) is 4.69. The van der Waals surface area contributed by atoms with Gasteiger partial charge in [-0.2, -0.15) is 0 Å². The Balaban J connectivity index is 1.20. The van der Waals surface area contributed by atoms with E-state index in [9.17, 15) is 9.90 Å². The van der Waals surface area contributed by atoms with Crippen LogP contribution in [0.5, 0.6) is 5.88 Å². The van der Waals surface area contributed by atoms with Crippen molar-refractivity contribution < 1.29 is 14.6 Å². The number of fused-ring (bicyclic) bond motifs is 1. The Kier molecular flexibility index (Phi) is 7.06. The van der Waals surface area contributed by atoms with Gasteiger partial charge in [-0.25, -0.2) is 9.78 Å². The lowest BCUT2D eigenvalue weighted by atomic mass is 9.89. The number of pyridine rings is 1. The van der Waals surface area contributed by atoms with E-state index in [1.165, 1.54) is 33.5 Å². The van der Waals surface area contributed by atoms with Crippen LogP contribution in [0.2, 0.25) is 0 Å². The molecular weight excluding hydrogens is 490 g/mol. The molecule has 186 valence electrons. The first-order valence-electron chi connectivity index (χ1n) is 12.0. The Morgan fingerprint density at radius 2 is 2.17 bits per heavy atom. The molecular formula is C26H30BN4O3PS. The zero-order valence-corrected chi connectivity index (χ0v) is 22.7. The number of aryl methyl sites for hydroxylation is 1. The number of carboxylic acid groups (broad SMARTS) is 1. The van der Waals surface area contributed by atoms with Gasteiger partial charge in [0.05, 0.1) is 11.4 Å². The van der Waals surface area contributed by atoms with Gasteiger partial charge in [-0.05, 0) is 42.7 Å². The number of carbonyl (C=O) groups is 1. The molecule has 0 spiro atoms. The molecule has 3 aromatic rings. The number of ether oxygens (including phenoxy) is 1. The van der Waals surface area contributed by atoms with Crippen LogP contribution < -0.4 is 25.7 Å². The molecule has 0 radical (unpaired) electrons. The molecule has 0 amide bonds. The molecule has 5 rings (SSSR count). The third-order valence-corrected chi connectivity index (χ3v) is 8.49. The van der Waals surface area contributed by atoms with Gasteiger partial charge in [-0.15, -0.1) is 11.3 Å². The lowest BCUT2D eigenvalue weighted by molar-refractivity contribution is 0.0702. The van der Waals surface area contributed by atoms with Gasteiger partial charge in [0.15, 0.2) is 0 Å². The Labute approximate surface area is 218 Å². The Bertz CT molecular complexity index is 1340. The van der Waals surface area contributed by atoms with Gasteiger partial charge in [0.25, 0.3) is 0 Å². The highest BCUT2D eigenvalue weighted by Gasteiger charge is 2.31. The molecule has 2 atom stereocenters. The van der Waals surface area contributed by atoms with E-state index in [4.69, 9.17) is 9.72 Å². The van der Waals surface area contributed by atoms with E-state index in [-0.39, 0.29) is 6.17 Å². The summed E-state index contributed by atoms with van der Waals surface area (Å²) in [6.45, 7) is 5.24. The fourth-order valence-corrected chi connectivity index (χ4v) is 5.91. The quantitative estimate of drug-likeness (QED) is 0.366. The Hall–Kier alpha value is -2.87. The molecule has 0 saturated heterocycles. The van der Waals surface area contributed by atoms with E-state index in [2.05, 4.69) is 75.5 Å². The van der Waals surface area contributed by atoms with Gasteiger partial charge < -0.3 is 20.1 Å². The topological polar surface area (TPSA) is 77.9 Å². The summed E-state index contributed by atoms with van der Waals surface area (Å²) in [7, 11) is 6.86. The Morgan fingerprint density at radius 1 is 1.33 bits per heavy atom. The van der Waals surface area contributed by atoms with Crippen molar-refractivity contribution in [3.63, 3.8) is 0 Å². The summed E-state index contributed by atoms with van der Waals surface area (Å²) < 4.78 is 6.12. The zero-order chi connectivity index (χ0) is 25.4. The summed E-state index contributed by atoms with van der Waals surface area (Å²) in [5.74, 6) is -0.221. The number of benzene rings is 1. The zero-order valence-electron chi connectivity index (χ0n) is 20.7.